The molecule has 0 saturated heterocycles. The van der Waals surface area contributed by atoms with Gasteiger partial charge in [-0.15, -0.1) is 0 Å². The molecule has 0 fully saturated rings. The fraction of sp³-hybridized carbons (Fsp3) is 0.118. The van der Waals surface area contributed by atoms with Crippen molar-refractivity contribution in [2.24, 2.45) is 0 Å². The van der Waals surface area contributed by atoms with E-state index in [4.69, 9.17) is 0 Å². The third-order valence-corrected chi connectivity index (χ3v) is 4.03. The van der Waals surface area contributed by atoms with Crippen molar-refractivity contribution in [1.29, 1.82) is 0 Å². The van der Waals surface area contributed by atoms with E-state index in [0.29, 0.717) is 0 Å². The Morgan fingerprint density at radius 1 is 0.529 bits per heavy atom. The van der Waals surface area contributed by atoms with Crippen LogP contribution in [0.5, 0.6) is 0 Å². The average Bonchev–Trinajstić information content (AvgIpc) is 3.15. The zero-order chi connectivity index (χ0) is 21.6. The Balaban J connectivity index is -0.00000192. The minimum atomic E-state index is -2.34. The summed E-state index contributed by atoms with van der Waals surface area (Å²) < 4.78 is 136. The van der Waals surface area contributed by atoms with Crippen LogP contribution in [0.3, 0.4) is 0 Å². The van der Waals surface area contributed by atoms with Gasteiger partial charge < -0.3 is 21.9 Å². The van der Waals surface area contributed by atoms with Gasteiger partial charge in [-0.2, -0.15) is 0 Å². The van der Waals surface area contributed by atoms with Crippen LogP contribution in [0.1, 0.15) is 11.1 Å². The molecule has 6 nitrogen and oxygen atoms in total. The Morgan fingerprint density at radius 3 is 1.24 bits per heavy atom. The molecule has 0 spiro atoms. The van der Waals surface area contributed by atoms with E-state index in [1.54, 1.807) is 0 Å². The van der Waals surface area contributed by atoms with E-state index < -0.39 is 82.4 Å². The van der Waals surface area contributed by atoms with E-state index in [2.05, 4.69) is 0 Å². The molecule has 0 unspecified atom stereocenters. The molecule has 0 amide bonds. The van der Waals surface area contributed by atoms with Crippen LogP contribution in [-0.2, 0) is 55.4 Å². The maximum absolute atomic E-state index is 13.7. The van der Waals surface area contributed by atoms with Gasteiger partial charge in [0.25, 0.3) is 0 Å². The maximum Gasteiger partial charge on any atom is 0.244 e. The minimum Gasteiger partial charge on any atom is -2.00 e. The second kappa shape index (κ2) is 13.4. The summed E-state index contributed by atoms with van der Waals surface area (Å²) in [7, 11) is 0. The predicted octanol–water partition coefficient (Wildman–Crippen LogP) is 3.79. The zero-order valence-electron chi connectivity index (χ0n) is 15.8. The van der Waals surface area contributed by atoms with Gasteiger partial charge in [-0.3, -0.25) is 0 Å². The van der Waals surface area contributed by atoms with E-state index >= 15 is 0 Å². The predicted molar refractivity (Wildman–Crippen MR) is 78.0 cm³/mol. The number of imidazole rings is 1. The largest absolute Gasteiger partial charge is 2.00 e. The number of hydrogen-bond donors (Lipinski definition) is 0. The van der Waals surface area contributed by atoms with Crippen LogP contribution in [0.4, 0.5) is 43.9 Å². The smallest absolute Gasteiger partial charge is 0.244 e. The molecule has 1 heterocycles. The summed E-state index contributed by atoms with van der Waals surface area (Å²) in [5, 5.41) is 0. The molecule has 0 aliphatic heterocycles. The Hall–Kier alpha value is -2.55. The Morgan fingerprint density at radius 2 is 0.853 bits per heavy atom. The van der Waals surface area contributed by atoms with E-state index in [1.807, 2.05) is 0 Å². The van der Waals surface area contributed by atoms with Crippen LogP contribution in [0.2, 0.25) is 0 Å². The first-order valence-corrected chi connectivity index (χ1v) is 7.60. The number of benzene rings is 2. The average molecular weight is 679 g/mol. The van der Waals surface area contributed by atoms with Crippen molar-refractivity contribution >= 4 is 0 Å². The van der Waals surface area contributed by atoms with Gasteiger partial charge in [-0.05, 0) is 0 Å². The monoisotopic (exact) mass is 680 g/mol. The Bertz CT molecular complexity index is 1000. The molecule has 0 saturated carbocycles. The van der Waals surface area contributed by atoms with E-state index in [0.717, 1.165) is 27.9 Å². The molecule has 0 N–H and O–H groups in total. The van der Waals surface area contributed by atoms with Gasteiger partial charge >= 0.3 is 0 Å². The summed E-state index contributed by atoms with van der Waals surface area (Å²) in [4.78, 5) is 0. The Labute approximate surface area is 196 Å². The zero-order valence-corrected chi connectivity index (χ0v) is 18.5. The molecular weight excluding hydrogens is 672 g/mol. The van der Waals surface area contributed by atoms with Gasteiger partial charge in [0.05, 0.1) is 11.1 Å². The van der Waals surface area contributed by atoms with E-state index in [9.17, 15) is 43.9 Å². The molecule has 34 heavy (non-hydrogen) atoms. The first-order valence-electron chi connectivity index (χ1n) is 7.60. The second-order valence-electron chi connectivity index (χ2n) is 5.86. The maximum atomic E-state index is 13.7. The molecule has 0 aliphatic rings. The van der Waals surface area contributed by atoms with Crippen LogP contribution in [-0.4, -0.2) is 4.57 Å². The first-order chi connectivity index (χ1) is 13.5. The van der Waals surface area contributed by atoms with Gasteiger partial charge in [0, 0.05) is 20.4 Å². The fourth-order valence-corrected chi connectivity index (χ4v) is 2.57. The topological polar surface area (TPSA) is 123 Å². The normalized spacial score (nSPS) is 9.71. The van der Waals surface area contributed by atoms with Crippen LogP contribution in [0.15, 0.2) is 18.7 Å². The number of halogens is 10. The summed E-state index contributed by atoms with van der Waals surface area (Å²) in [6.07, 6.45) is 2.98. The fourth-order valence-electron chi connectivity index (χ4n) is 2.57. The van der Waals surface area contributed by atoms with Crippen molar-refractivity contribution in [2.75, 3.05) is 0 Å². The second-order valence-corrected chi connectivity index (χ2v) is 5.86. The summed E-state index contributed by atoms with van der Waals surface area (Å²) in [6.45, 7) is -1.73. The molecule has 1 radical (unpaired) electrons. The van der Waals surface area contributed by atoms with Crippen LogP contribution in [0.25, 0.3) is 0 Å². The van der Waals surface area contributed by atoms with Gasteiger partial charge in [-0.25, -0.2) is 53.0 Å². The summed E-state index contributed by atoms with van der Waals surface area (Å²) in [5.41, 5.74) is -2.36. The molecule has 3 aromatic rings. The van der Waals surface area contributed by atoms with Crippen LogP contribution in [0, 0.1) is 58.2 Å². The minimum absolute atomic E-state index is 0. The number of nitrogens with zero attached hydrogens (tertiary/aromatic N) is 2. The third kappa shape index (κ3) is 6.11. The van der Waals surface area contributed by atoms with Crippen molar-refractivity contribution in [3.05, 3.63) is 88.0 Å². The van der Waals surface area contributed by atoms with Crippen LogP contribution >= 0.6 is 0 Å². The number of aromatic nitrogens is 2. The summed E-state index contributed by atoms with van der Waals surface area (Å²) in [6, 6.07) is 0. The molecule has 1 aromatic heterocycles. The third-order valence-electron chi connectivity index (χ3n) is 4.03. The molecule has 0 aliphatic carbocycles. The van der Waals surface area contributed by atoms with Crippen molar-refractivity contribution in [1.82, 2.24) is 4.57 Å². The van der Waals surface area contributed by atoms with Crippen molar-refractivity contribution < 1.29 is 90.8 Å². The molecule has 193 valence electrons. The summed E-state index contributed by atoms with van der Waals surface area (Å²) >= 11 is 0. The molecular formula is C17H7F10N2O4Re-7. The van der Waals surface area contributed by atoms with Gasteiger partial charge in [0.15, 0.2) is 46.5 Å². The standard InChI is InChI=1S/C17H7F10N2.4O.Re/c18-8-6(9(19)13(23)16(26)12(8)22)3-28-1-2-29(5-28)4-7-10(20)14(24)17(27)15(25)11(7)21;;;;;/h1-2,5H,3-4H2;;;;;/q+1;4*-2;. The molecule has 3 rings (SSSR count). The quantitative estimate of drug-likeness (QED) is 0.173. The van der Waals surface area contributed by atoms with Gasteiger partial charge in [0.1, 0.15) is 25.5 Å². The van der Waals surface area contributed by atoms with Gasteiger partial charge in [0.2, 0.25) is 18.0 Å². The molecule has 2 aromatic carbocycles. The molecule has 17 heteroatoms. The van der Waals surface area contributed by atoms with E-state index in [-0.39, 0.29) is 42.3 Å². The van der Waals surface area contributed by atoms with Crippen LogP contribution < -0.4 is 4.57 Å². The molecule has 0 atom stereocenters. The van der Waals surface area contributed by atoms with Crippen molar-refractivity contribution in [3.63, 3.8) is 0 Å². The first kappa shape index (κ1) is 36.0. The SMILES string of the molecule is Fc1c(F)c(F)c(Cn2cc[n+](Cc3c(F)c(F)c(F)c(F)c3F)c2)c(F)c1F.[O-2].[O-2].[O-2].[O-2].[Re]. The molecule has 0 bridgehead atoms. The number of rotatable bonds is 4. The van der Waals surface area contributed by atoms with Crippen molar-refractivity contribution in [3.8, 4) is 0 Å². The van der Waals surface area contributed by atoms with Gasteiger partial charge in [-0.1, -0.05) is 0 Å². The van der Waals surface area contributed by atoms with Crippen molar-refractivity contribution in [2.45, 2.75) is 13.1 Å². The number of hydrogen-bond acceptors (Lipinski definition) is 0. The van der Waals surface area contributed by atoms with E-state index in [1.165, 1.54) is 0 Å². The Kier molecular flexibility index (Phi) is 14.2. The summed E-state index contributed by atoms with van der Waals surface area (Å²) in [5.74, 6) is -21.6.